The topological polar surface area (TPSA) is 200 Å². The average molecular weight is 946 g/mol. The van der Waals surface area contributed by atoms with Gasteiger partial charge in [0.15, 0.2) is 29.8 Å². The maximum Gasteiger partial charge on any atom is 0.446 e. The minimum absolute atomic E-state index is 0.106. The van der Waals surface area contributed by atoms with Crippen molar-refractivity contribution in [1.29, 1.82) is 0 Å². The van der Waals surface area contributed by atoms with Gasteiger partial charge in [0.05, 0.1) is 29.5 Å². The second-order valence-electron chi connectivity index (χ2n) is 18.2. The Morgan fingerprint density at radius 2 is 1.11 bits per heavy atom. The number of carbonyl (C=O) groups excluding carboxylic acids is 2. The summed E-state index contributed by atoms with van der Waals surface area (Å²) in [5, 5.41) is 10.6. The van der Waals surface area contributed by atoms with Gasteiger partial charge in [-0.3, -0.25) is 15.6 Å². The Hall–Kier alpha value is -4.69. The molecule has 4 aliphatic heterocycles. The van der Waals surface area contributed by atoms with E-state index in [-0.39, 0.29) is 41.3 Å². The molecule has 4 heterocycles. The van der Waals surface area contributed by atoms with E-state index in [0.29, 0.717) is 31.7 Å². The normalized spacial score (nSPS) is 21.3. The number of hydrogen-bond donors (Lipinski definition) is 3. The molecule has 0 aromatic heterocycles. The predicted octanol–water partition coefficient (Wildman–Crippen LogP) is 6.20. The number of nitrogens with one attached hydrogen (secondary N) is 3. The molecule has 4 aliphatic carbocycles. The van der Waals surface area contributed by atoms with Crippen LogP contribution in [-0.2, 0) is 80.6 Å². The van der Waals surface area contributed by atoms with E-state index in [1.807, 2.05) is 0 Å². The smallest absolute Gasteiger partial charge is 0.444 e. The zero-order chi connectivity index (χ0) is 47.6. The number of sulfone groups is 2. The average Bonchev–Trinajstić information content (AvgIpc) is 4.05. The number of fused-ring (bicyclic) bond motifs is 4. The van der Waals surface area contributed by atoms with E-state index in [1.165, 1.54) is 62.2 Å². The first-order valence-corrected chi connectivity index (χ1v) is 25.4. The van der Waals surface area contributed by atoms with Crippen LogP contribution in [0.5, 0.6) is 0 Å². The molecule has 2 fully saturated rings. The largest absolute Gasteiger partial charge is 0.446 e. The summed E-state index contributed by atoms with van der Waals surface area (Å²) in [7, 11) is -6.91. The first kappa shape index (κ1) is 46.8. The maximum atomic E-state index is 13.0. The highest BCUT2D eigenvalue weighted by atomic mass is 32.2. The van der Waals surface area contributed by atoms with Crippen molar-refractivity contribution in [1.82, 2.24) is 21.1 Å². The summed E-state index contributed by atoms with van der Waals surface area (Å²) in [5.41, 5.74) is 18.3. The van der Waals surface area contributed by atoms with Gasteiger partial charge in [-0.1, -0.05) is 26.0 Å². The van der Waals surface area contributed by atoms with Crippen molar-refractivity contribution in [3.8, 4) is 0 Å². The Morgan fingerprint density at radius 3 is 1.43 bits per heavy atom. The second kappa shape index (κ2) is 19.3. The molecule has 0 radical (unpaired) electrons. The van der Waals surface area contributed by atoms with Crippen LogP contribution in [0.25, 0.3) is 0 Å². The lowest BCUT2D eigenvalue weighted by molar-refractivity contribution is -0.156. The molecule has 0 bridgehead atoms. The second-order valence-corrected chi connectivity index (χ2v) is 22.6. The molecule has 0 spiro atoms. The summed E-state index contributed by atoms with van der Waals surface area (Å²) in [6.07, 6.45) is 7.64. The van der Waals surface area contributed by atoms with Gasteiger partial charge < -0.3 is 15.0 Å². The fraction of sp³-hybridized carbons (Fsp3) is 0.600. The number of amides is 1. The molecule has 3 N–H and O–H groups in total. The summed E-state index contributed by atoms with van der Waals surface area (Å²) in [6.45, 7) is 8.95. The summed E-state index contributed by atoms with van der Waals surface area (Å²) in [5.74, 6) is 1.25. The molecule has 10 rings (SSSR count). The van der Waals surface area contributed by atoms with Gasteiger partial charge in [0.25, 0.3) is 0 Å². The minimum atomic E-state index is -4.64. The first-order valence-electron chi connectivity index (χ1n) is 23.0. The molecule has 65 heavy (non-hydrogen) atoms. The van der Waals surface area contributed by atoms with Crippen LogP contribution in [0.15, 0.2) is 32.3 Å². The van der Waals surface area contributed by atoms with Crippen molar-refractivity contribution < 1.29 is 45.7 Å². The number of halogens is 3. The zero-order valence-corrected chi connectivity index (χ0v) is 39.0. The van der Waals surface area contributed by atoms with Crippen LogP contribution < -0.4 is 16.2 Å². The van der Waals surface area contributed by atoms with Gasteiger partial charge in [-0.25, -0.2) is 31.6 Å². The monoisotopic (exact) mass is 945 g/mol. The van der Waals surface area contributed by atoms with Crippen molar-refractivity contribution in [2.24, 2.45) is 20.2 Å². The SMILES string of the molecule is CC(C)(C)OC(=O)N1CC(S(=O)(=O)C2=NNC(=Nc3c4c(cc5c3CCC5)CCC4)C2)C1.O=CC(F)(F)F.O=S(=O)(C1=NNC(=Nc2c3c(cc4c2CCC4)CCC3)C1)C1CNC1.[2H]CC. The number of nitrogens with zero attached hydrogens (tertiary/aromatic N) is 5. The molecule has 1 amide bonds. The van der Waals surface area contributed by atoms with Gasteiger partial charge >= 0.3 is 12.3 Å². The number of alkyl halides is 3. The quantitative estimate of drug-likeness (QED) is 0.297. The van der Waals surface area contributed by atoms with Crippen molar-refractivity contribution in [2.75, 3.05) is 26.2 Å². The summed E-state index contributed by atoms with van der Waals surface area (Å²) in [4.78, 5) is 32.0. The number of aldehydes is 1. The van der Waals surface area contributed by atoms with Crippen LogP contribution in [0.2, 0.25) is 0 Å². The number of likely N-dealkylation sites (tertiary alicyclic amines) is 1. The summed E-state index contributed by atoms with van der Waals surface area (Å²) >= 11 is 0. The number of amidine groups is 2. The van der Waals surface area contributed by atoms with Crippen LogP contribution in [0.3, 0.4) is 0 Å². The Bertz CT molecular complexity index is 2520. The molecular formula is C45H59F3N8O7S2. The van der Waals surface area contributed by atoms with Crippen molar-refractivity contribution >= 4 is 65.2 Å². The third kappa shape index (κ3) is 10.6. The van der Waals surface area contributed by atoms with Crippen molar-refractivity contribution in [3.05, 3.63) is 56.6 Å². The number of ether oxygens (including phenoxy) is 1. The molecule has 20 heteroatoms. The van der Waals surface area contributed by atoms with E-state index in [2.05, 4.69) is 38.5 Å². The molecule has 0 saturated carbocycles. The van der Waals surface area contributed by atoms with E-state index < -0.39 is 49.1 Å². The van der Waals surface area contributed by atoms with E-state index >= 15 is 0 Å². The molecule has 354 valence electrons. The van der Waals surface area contributed by atoms with Crippen LogP contribution in [0, 0.1) is 0 Å². The maximum absolute atomic E-state index is 13.0. The van der Waals surface area contributed by atoms with Gasteiger partial charge in [-0.2, -0.15) is 23.4 Å². The zero-order valence-electron chi connectivity index (χ0n) is 38.4. The number of aliphatic imine (C=N–C) groups is 2. The lowest BCUT2D eigenvalue weighted by Gasteiger charge is -2.38. The molecular weight excluding hydrogens is 886 g/mol. The standard InChI is InChI=1S/C23H30N4O4S.C18H22N4O2S.C2HF3O.C2H6/c1-23(2,3)31-22(28)27-12-16(13-27)32(29,30)20-11-19(25-26-20)24-21-17-8-4-6-14(17)10-15-7-5-9-18(15)21;23-25(24,13-9-19-10-13)17-8-16(21-22-17)20-18-14-5-1-3-11(14)7-12-4-2-6-15(12)18;3-2(4,5)1-6;1-2/h10,16H,4-9,11-13H2,1-3H3,(H,24,25);7,13,19H,1-6,8-10H2,(H,20,21);1H;1-2H3/i;;;1D. The lowest BCUT2D eigenvalue weighted by Crippen LogP contribution is -2.58. The lowest BCUT2D eigenvalue weighted by atomic mass is 9.99. The van der Waals surface area contributed by atoms with E-state index in [0.717, 1.165) is 75.6 Å². The van der Waals surface area contributed by atoms with Gasteiger partial charge in [0, 0.05) is 27.5 Å². The molecule has 15 nitrogen and oxygen atoms in total. The summed E-state index contributed by atoms with van der Waals surface area (Å²) < 4.78 is 93.9. The number of hydrogen-bond acceptors (Lipinski definition) is 12. The van der Waals surface area contributed by atoms with Crippen molar-refractivity contribution in [2.45, 2.75) is 147 Å². The van der Waals surface area contributed by atoms with E-state index in [1.54, 1.807) is 27.7 Å². The molecule has 2 aromatic rings. The van der Waals surface area contributed by atoms with Crippen LogP contribution >= 0.6 is 0 Å². The predicted molar refractivity (Wildman–Crippen MR) is 245 cm³/mol. The summed E-state index contributed by atoms with van der Waals surface area (Å²) in [6, 6.07) is 4.74. The number of rotatable bonds is 4. The first-order chi connectivity index (χ1) is 31.2. The van der Waals surface area contributed by atoms with Crippen LogP contribution in [0.4, 0.5) is 29.3 Å². The van der Waals surface area contributed by atoms with Crippen LogP contribution in [0.1, 0.15) is 119 Å². The molecule has 2 aromatic carbocycles. The van der Waals surface area contributed by atoms with Gasteiger partial charge in [0.2, 0.25) is 6.29 Å². The van der Waals surface area contributed by atoms with E-state index in [9.17, 15) is 34.8 Å². The number of hydrazone groups is 2. The highest BCUT2D eigenvalue weighted by Gasteiger charge is 2.45. The van der Waals surface area contributed by atoms with Crippen molar-refractivity contribution in [3.63, 3.8) is 0 Å². The van der Waals surface area contributed by atoms with Crippen LogP contribution in [-0.4, -0.2) is 104 Å². The highest BCUT2D eigenvalue weighted by Crippen LogP contribution is 2.42. The minimum Gasteiger partial charge on any atom is -0.444 e. The van der Waals surface area contributed by atoms with E-state index in [4.69, 9.17) is 20.9 Å². The molecule has 0 unspecified atom stereocenters. The molecule has 8 aliphatic rings. The van der Waals surface area contributed by atoms with Gasteiger partial charge in [-0.05, 0) is 142 Å². The molecule has 2 saturated heterocycles. The van der Waals surface area contributed by atoms with Gasteiger partial charge in [0.1, 0.15) is 22.5 Å². The third-order valence-corrected chi connectivity index (χ3v) is 16.7. The fourth-order valence-corrected chi connectivity index (χ4v) is 12.5. The number of aryl methyl sites for hydroxylation is 4. The number of carbonyl (C=O) groups is 2. The Balaban J connectivity index is 0.000000169. The Labute approximate surface area is 380 Å². The molecule has 0 atom stereocenters. The fourth-order valence-electron chi connectivity index (χ4n) is 9.24. The highest BCUT2D eigenvalue weighted by molar-refractivity contribution is 8.07. The Morgan fingerprint density at radius 1 is 0.738 bits per heavy atom. The number of benzene rings is 2. The van der Waals surface area contributed by atoms with Gasteiger partial charge in [-0.15, -0.1) is 0 Å². The Kier molecular flexibility index (Phi) is 13.9. The third-order valence-electron chi connectivity index (χ3n) is 12.5.